The number of hydrogen-bond acceptors (Lipinski definition) is 6. The summed E-state index contributed by atoms with van der Waals surface area (Å²) in [7, 11) is -0.669. The van der Waals surface area contributed by atoms with Gasteiger partial charge >= 0.3 is 13.1 Å². The average molecular weight is 311 g/mol. The van der Waals surface area contributed by atoms with E-state index in [0.29, 0.717) is 10.5 Å². The highest BCUT2D eigenvalue weighted by Gasteiger charge is 2.52. The second-order valence-corrected chi connectivity index (χ2v) is 6.90. The molecular formula is C13H18BNO5S. The van der Waals surface area contributed by atoms with Crippen LogP contribution in [0.4, 0.5) is 0 Å². The van der Waals surface area contributed by atoms with Crippen LogP contribution >= 0.6 is 11.3 Å². The van der Waals surface area contributed by atoms with Crippen LogP contribution in [0.25, 0.3) is 6.08 Å². The van der Waals surface area contributed by atoms with E-state index in [-0.39, 0.29) is 11.5 Å². The van der Waals surface area contributed by atoms with Gasteiger partial charge in [0.25, 0.3) is 0 Å². The van der Waals surface area contributed by atoms with Gasteiger partial charge in [0.1, 0.15) is 9.88 Å². The van der Waals surface area contributed by atoms with Crippen molar-refractivity contribution < 1.29 is 24.3 Å². The first-order valence-electron chi connectivity index (χ1n) is 6.52. The van der Waals surface area contributed by atoms with Gasteiger partial charge in [-0.3, -0.25) is 0 Å². The van der Waals surface area contributed by atoms with Crippen LogP contribution in [0, 0.1) is 0 Å². The number of aromatic nitrogens is 1. The third-order valence-electron chi connectivity index (χ3n) is 3.78. The molecule has 2 heterocycles. The highest BCUT2D eigenvalue weighted by atomic mass is 32.1. The Kier molecular flexibility index (Phi) is 4.25. The molecule has 6 nitrogen and oxygen atoms in total. The van der Waals surface area contributed by atoms with Crippen LogP contribution in [0.5, 0.6) is 0 Å². The molecule has 0 radical (unpaired) electrons. The molecule has 8 heteroatoms. The summed E-state index contributed by atoms with van der Waals surface area (Å²) in [5.74, 6) is -1.02. The van der Waals surface area contributed by atoms with Crippen molar-refractivity contribution in [2.45, 2.75) is 38.9 Å². The molecular weight excluding hydrogens is 293 g/mol. The lowest BCUT2D eigenvalue weighted by Gasteiger charge is -2.32. The smallest absolute Gasteiger partial charge is 0.477 e. The molecule has 0 atom stereocenters. The summed E-state index contributed by atoms with van der Waals surface area (Å²) in [6.45, 7) is 7.45. The Balaban J connectivity index is 2.24. The van der Waals surface area contributed by atoms with Gasteiger partial charge in [-0.1, -0.05) is 0 Å². The van der Waals surface area contributed by atoms with Crippen LogP contribution in [-0.4, -0.2) is 46.1 Å². The summed E-state index contributed by atoms with van der Waals surface area (Å²) >= 11 is 1.03. The quantitative estimate of drug-likeness (QED) is 0.825. The Hall–Kier alpha value is -1.22. The van der Waals surface area contributed by atoms with Crippen molar-refractivity contribution in [3.8, 4) is 0 Å². The average Bonchev–Trinajstić information content (AvgIpc) is 2.90. The Morgan fingerprint density at radius 3 is 2.38 bits per heavy atom. The van der Waals surface area contributed by atoms with Crippen molar-refractivity contribution in [1.82, 2.24) is 4.98 Å². The zero-order valence-corrected chi connectivity index (χ0v) is 13.2. The van der Waals surface area contributed by atoms with E-state index < -0.39 is 24.3 Å². The first kappa shape index (κ1) is 16.2. The molecule has 1 saturated heterocycles. The van der Waals surface area contributed by atoms with Crippen LogP contribution in [0.1, 0.15) is 42.4 Å². The second kappa shape index (κ2) is 5.53. The van der Waals surface area contributed by atoms with Crippen LogP contribution in [0.2, 0.25) is 0 Å². The number of carboxylic acid groups (broad SMARTS) is 1. The number of aromatic carboxylic acids is 1. The largest absolute Gasteiger partial charge is 0.493 e. The van der Waals surface area contributed by atoms with Crippen molar-refractivity contribution in [2.75, 3.05) is 6.61 Å². The number of carboxylic acids is 1. The molecule has 1 aliphatic rings. The van der Waals surface area contributed by atoms with Gasteiger partial charge in [-0.2, -0.15) is 0 Å². The minimum Gasteiger partial charge on any atom is -0.477 e. The summed E-state index contributed by atoms with van der Waals surface area (Å²) in [6.07, 6.45) is 2.90. The minimum absolute atomic E-state index is 0.146. The Morgan fingerprint density at radius 1 is 1.38 bits per heavy atom. The number of hydrogen-bond donors (Lipinski definition) is 2. The monoisotopic (exact) mass is 311 g/mol. The van der Waals surface area contributed by atoms with Gasteiger partial charge in [0.15, 0.2) is 0 Å². The molecule has 1 aromatic rings. The van der Waals surface area contributed by atoms with Crippen molar-refractivity contribution in [3.05, 3.63) is 21.6 Å². The Bertz CT molecular complexity index is 565. The standard InChI is InChI=1S/C13H18BNO5S/c1-12(2)13(3,4)20-14(19-12)8(7-16)5-10-15-6-9(21-10)11(17)18/h5-6,16H,7H2,1-4H3,(H,17,18). The highest BCUT2D eigenvalue weighted by molar-refractivity contribution is 7.14. The van der Waals surface area contributed by atoms with Gasteiger partial charge < -0.3 is 19.5 Å². The molecule has 0 aromatic carbocycles. The molecule has 0 unspecified atom stereocenters. The summed E-state index contributed by atoms with van der Waals surface area (Å²) in [6, 6.07) is 0. The summed E-state index contributed by atoms with van der Waals surface area (Å²) in [5.41, 5.74) is -0.484. The van der Waals surface area contributed by atoms with Gasteiger partial charge in [-0.15, -0.1) is 11.3 Å². The Morgan fingerprint density at radius 2 is 1.95 bits per heavy atom. The van der Waals surface area contributed by atoms with Gasteiger partial charge in [0, 0.05) is 0 Å². The number of rotatable bonds is 4. The molecule has 2 rings (SSSR count). The van der Waals surface area contributed by atoms with Crippen LogP contribution in [0.3, 0.4) is 0 Å². The number of carbonyl (C=O) groups is 1. The van der Waals surface area contributed by atoms with Gasteiger partial charge in [-0.05, 0) is 39.2 Å². The van der Waals surface area contributed by atoms with E-state index in [4.69, 9.17) is 14.4 Å². The van der Waals surface area contributed by atoms with Crippen molar-refractivity contribution >= 4 is 30.5 Å². The molecule has 0 saturated carbocycles. The van der Waals surface area contributed by atoms with E-state index in [0.717, 1.165) is 11.3 Å². The topological polar surface area (TPSA) is 88.9 Å². The Labute approximate surface area is 127 Å². The van der Waals surface area contributed by atoms with Gasteiger partial charge in [-0.25, -0.2) is 9.78 Å². The van der Waals surface area contributed by atoms with Gasteiger partial charge in [0.05, 0.1) is 24.0 Å². The first-order chi connectivity index (χ1) is 9.66. The fraction of sp³-hybridized carbons (Fsp3) is 0.538. The second-order valence-electron chi connectivity index (χ2n) is 5.83. The first-order valence-corrected chi connectivity index (χ1v) is 7.34. The molecule has 0 amide bonds. The van der Waals surface area contributed by atoms with Crippen LogP contribution in [-0.2, 0) is 9.31 Å². The maximum atomic E-state index is 10.8. The van der Waals surface area contributed by atoms with Gasteiger partial charge in [0.2, 0.25) is 0 Å². The lowest BCUT2D eigenvalue weighted by atomic mass is 9.78. The highest BCUT2D eigenvalue weighted by Crippen LogP contribution is 2.38. The summed E-state index contributed by atoms with van der Waals surface area (Å²) < 4.78 is 11.7. The van der Waals surface area contributed by atoms with E-state index in [1.54, 1.807) is 6.08 Å². The molecule has 0 aliphatic carbocycles. The molecule has 1 aromatic heterocycles. The van der Waals surface area contributed by atoms with Crippen molar-refractivity contribution in [3.63, 3.8) is 0 Å². The SMILES string of the molecule is CC1(C)OB(C(=Cc2ncc(C(=O)O)s2)CO)OC1(C)C. The van der Waals surface area contributed by atoms with Crippen LogP contribution in [0.15, 0.2) is 11.7 Å². The zero-order chi connectivity index (χ0) is 15.8. The predicted molar refractivity (Wildman–Crippen MR) is 80.2 cm³/mol. The van der Waals surface area contributed by atoms with Crippen LogP contribution < -0.4 is 0 Å². The fourth-order valence-corrected chi connectivity index (χ4v) is 2.53. The minimum atomic E-state index is -1.02. The molecule has 114 valence electrons. The summed E-state index contributed by atoms with van der Waals surface area (Å²) in [4.78, 5) is 15.0. The van der Waals surface area contributed by atoms with Crippen molar-refractivity contribution in [1.29, 1.82) is 0 Å². The van der Waals surface area contributed by atoms with E-state index >= 15 is 0 Å². The summed E-state index contributed by atoms with van der Waals surface area (Å²) in [5, 5.41) is 18.9. The lowest BCUT2D eigenvalue weighted by Crippen LogP contribution is -2.41. The molecule has 0 spiro atoms. The third-order valence-corrected chi connectivity index (χ3v) is 4.71. The number of nitrogens with zero attached hydrogens (tertiary/aromatic N) is 1. The third kappa shape index (κ3) is 3.18. The number of thiazole rings is 1. The van der Waals surface area contributed by atoms with E-state index in [9.17, 15) is 9.90 Å². The van der Waals surface area contributed by atoms with E-state index in [1.807, 2.05) is 27.7 Å². The lowest BCUT2D eigenvalue weighted by molar-refractivity contribution is 0.00578. The van der Waals surface area contributed by atoms with Crippen molar-refractivity contribution in [2.24, 2.45) is 0 Å². The molecule has 2 N–H and O–H groups in total. The maximum Gasteiger partial charge on any atom is 0.493 e. The zero-order valence-electron chi connectivity index (χ0n) is 12.4. The maximum absolute atomic E-state index is 10.8. The number of aliphatic hydroxyl groups excluding tert-OH is 1. The predicted octanol–water partition coefficient (Wildman–Crippen LogP) is 1.85. The molecule has 21 heavy (non-hydrogen) atoms. The number of aliphatic hydroxyl groups is 1. The van der Waals surface area contributed by atoms with E-state index in [1.165, 1.54) is 6.20 Å². The normalized spacial score (nSPS) is 20.8. The fourth-order valence-electron chi connectivity index (χ4n) is 1.79. The molecule has 1 aliphatic heterocycles. The van der Waals surface area contributed by atoms with E-state index in [2.05, 4.69) is 4.98 Å². The molecule has 1 fully saturated rings. The molecule has 0 bridgehead atoms.